The third kappa shape index (κ3) is 3.82. The number of likely N-dealkylation sites (tertiary alicyclic amines) is 1. The molecule has 1 N–H and O–H groups in total. The molecule has 1 unspecified atom stereocenters. The number of furan rings is 1. The monoisotopic (exact) mass is 312 g/mol. The van der Waals surface area contributed by atoms with Crippen LogP contribution in [-0.2, 0) is 0 Å². The standard InChI is InChI=1S/C19H24N2O2/c1-15-8-3-4-9-16(15)19(22)20-14-17(18-10-7-13-23-18)21-11-5-2-6-12-21/h3-4,7-10,13,17H,2,5-6,11-12,14H2,1H3,(H,20,22). The van der Waals surface area contributed by atoms with Crippen molar-refractivity contribution in [2.24, 2.45) is 0 Å². The second-order valence-electron chi connectivity index (χ2n) is 6.15. The van der Waals surface area contributed by atoms with Crippen LogP contribution in [0.15, 0.2) is 47.1 Å². The first-order chi connectivity index (χ1) is 11.3. The molecule has 4 nitrogen and oxygen atoms in total. The van der Waals surface area contributed by atoms with Gasteiger partial charge in [-0.25, -0.2) is 0 Å². The van der Waals surface area contributed by atoms with Crippen LogP contribution in [0.25, 0.3) is 0 Å². The van der Waals surface area contributed by atoms with E-state index in [1.54, 1.807) is 6.26 Å². The highest BCUT2D eigenvalue weighted by Gasteiger charge is 2.25. The van der Waals surface area contributed by atoms with Crippen LogP contribution in [0.1, 0.15) is 47.0 Å². The van der Waals surface area contributed by atoms with Crippen LogP contribution in [0.3, 0.4) is 0 Å². The van der Waals surface area contributed by atoms with E-state index in [1.807, 2.05) is 43.3 Å². The molecule has 0 spiro atoms. The molecule has 1 aromatic carbocycles. The van der Waals surface area contributed by atoms with Crippen molar-refractivity contribution in [2.45, 2.75) is 32.2 Å². The summed E-state index contributed by atoms with van der Waals surface area (Å²) in [6, 6.07) is 11.7. The Morgan fingerprint density at radius 1 is 1.17 bits per heavy atom. The predicted molar refractivity (Wildman–Crippen MR) is 90.4 cm³/mol. The van der Waals surface area contributed by atoms with Crippen molar-refractivity contribution in [1.29, 1.82) is 0 Å². The van der Waals surface area contributed by atoms with Gasteiger partial charge < -0.3 is 9.73 Å². The summed E-state index contributed by atoms with van der Waals surface area (Å²) in [5.74, 6) is 0.911. The van der Waals surface area contributed by atoms with E-state index in [0.717, 1.165) is 30.0 Å². The lowest BCUT2D eigenvalue weighted by molar-refractivity contribution is 0.0913. The van der Waals surface area contributed by atoms with E-state index in [1.165, 1.54) is 19.3 Å². The van der Waals surface area contributed by atoms with Gasteiger partial charge in [-0.15, -0.1) is 0 Å². The van der Waals surface area contributed by atoms with Crippen molar-refractivity contribution >= 4 is 5.91 Å². The summed E-state index contributed by atoms with van der Waals surface area (Å²) in [7, 11) is 0. The second-order valence-corrected chi connectivity index (χ2v) is 6.15. The zero-order chi connectivity index (χ0) is 16.1. The van der Waals surface area contributed by atoms with Gasteiger partial charge in [0.2, 0.25) is 0 Å². The highest BCUT2D eigenvalue weighted by Crippen LogP contribution is 2.24. The van der Waals surface area contributed by atoms with Crippen LogP contribution in [0.5, 0.6) is 0 Å². The average Bonchev–Trinajstić information content (AvgIpc) is 3.10. The van der Waals surface area contributed by atoms with Gasteiger partial charge in [0, 0.05) is 12.1 Å². The molecule has 0 bridgehead atoms. The zero-order valence-electron chi connectivity index (χ0n) is 13.6. The Kier molecular flexibility index (Phi) is 5.13. The molecule has 0 aliphatic carbocycles. The fourth-order valence-corrected chi connectivity index (χ4v) is 3.23. The van der Waals surface area contributed by atoms with Crippen LogP contribution in [0, 0.1) is 6.92 Å². The van der Waals surface area contributed by atoms with Crippen LogP contribution in [-0.4, -0.2) is 30.4 Å². The van der Waals surface area contributed by atoms with E-state index in [9.17, 15) is 4.79 Å². The Labute approximate surface area is 137 Å². The van der Waals surface area contributed by atoms with Crippen molar-refractivity contribution in [3.05, 3.63) is 59.5 Å². The van der Waals surface area contributed by atoms with Crippen molar-refractivity contribution < 1.29 is 9.21 Å². The van der Waals surface area contributed by atoms with Gasteiger partial charge in [-0.05, 0) is 56.6 Å². The topological polar surface area (TPSA) is 45.5 Å². The van der Waals surface area contributed by atoms with E-state index in [2.05, 4.69) is 10.2 Å². The van der Waals surface area contributed by atoms with Gasteiger partial charge in [0.25, 0.3) is 5.91 Å². The minimum absolute atomic E-state index is 0.0170. The smallest absolute Gasteiger partial charge is 0.251 e. The van der Waals surface area contributed by atoms with E-state index in [4.69, 9.17) is 4.42 Å². The summed E-state index contributed by atoms with van der Waals surface area (Å²) < 4.78 is 5.62. The normalized spacial score (nSPS) is 16.9. The van der Waals surface area contributed by atoms with Crippen LogP contribution >= 0.6 is 0 Å². The van der Waals surface area contributed by atoms with Crippen LogP contribution < -0.4 is 5.32 Å². The molecule has 122 valence electrons. The Morgan fingerprint density at radius 2 is 1.96 bits per heavy atom. The van der Waals surface area contributed by atoms with E-state index in [0.29, 0.717) is 6.54 Å². The first kappa shape index (κ1) is 15.8. The molecule has 0 radical (unpaired) electrons. The predicted octanol–water partition coefficient (Wildman–Crippen LogP) is 3.55. The molecule has 2 aromatic rings. The van der Waals surface area contributed by atoms with Gasteiger partial charge in [-0.1, -0.05) is 24.6 Å². The number of carbonyl (C=O) groups is 1. The quantitative estimate of drug-likeness (QED) is 0.918. The lowest BCUT2D eigenvalue weighted by atomic mass is 10.1. The molecule has 1 aliphatic rings. The van der Waals surface area contributed by atoms with Gasteiger partial charge in [0.15, 0.2) is 0 Å². The Hall–Kier alpha value is -2.07. The van der Waals surface area contributed by atoms with E-state index in [-0.39, 0.29) is 11.9 Å². The number of carbonyl (C=O) groups excluding carboxylic acids is 1. The molecule has 1 fully saturated rings. The highest BCUT2D eigenvalue weighted by molar-refractivity contribution is 5.95. The summed E-state index contributed by atoms with van der Waals surface area (Å²) >= 11 is 0. The molecule has 0 saturated carbocycles. The fourth-order valence-electron chi connectivity index (χ4n) is 3.23. The molecule has 23 heavy (non-hydrogen) atoms. The minimum atomic E-state index is -0.0170. The SMILES string of the molecule is Cc1ccccc1C(=O)NCC(c1ccco1)N1CCCCC1. The number of hydrogen-bond donors (Lipinski definition) is 1. The second kappa shape index (κ2) is 7.47. The summed E-state index contributed by atoms with van der Waals surface area (Å²) in [4.78, 5) is 14.9. The largest absolute Gasteiger partial charge is 0.468 e. The van der Waals surface area contributed by atoms with Gasteiger partial charge >= 0.3 is 0 Å². The fraction of sp³-hybridized carbons (Fsp3) is 0.421. The summed E-state index contributed by atoms with van der Waals surface area (Å²) in [6.07, 6.45) is 5.41. The Morgan fingerprint density at radius 3 is 2.65 bits per heavy atom. The van der Waals surface area contributed by atoms with Gasteiger partial charge in [-0.2, -0.15) is 0 Å². The van der Waals surface area contributed by atoms with Gasteiger partial charge in [0.05, 0.1) is 12.3 Å². The molecule has 4 heteroatoms. The molecule has 1 aromatic heterocycles. The number of amides is 1. The first-order valence-electron chi connectivity index (χ1n) is 8.37. The van der Waals surface area contributed by atoms with Gasteiger partial charge in [-0.3, -0.25) is 9.69 Å². The zero-order valence-corrected chi connectivity index (χ0v) is 13.6. The highest BCUT2D eigenvalue weighted by atomic mass is 16.3. The third-order valence-corrected chi connectivity index (χ3v) is 4.55. The molecule has 3 rings (SSSR count). The van der Waals surface area contributed by atoms with Crippen molar-refractivity contribution in [3.63, 3.8) is 0 Å². The van der Waals surface area contributed by atoms with Crippen molar-refractivity contribution in [2.75, 3.05) is 19.6 Å². The molecular formula is C19H24N2O2. The van der Waals surface area contributed by atoms with E-state index < -0.39 is 0 Å². The average molecular weight is 312 g/mol. The molecule has 1 aliphatic heterocycles. The summed E-state index contributed by atoms with van der Waals surface area (Å²) in [5, 5.41) is 3.08. The van der Waals surface area contributed by atoms with E-state index >= 15 is 0 Å². The first-order valence-corrected chi connectivity index (χ1v) is 8.37. The summed E-state index contributed by atoms with van der Waals surface area (Å²) in [6.45, 7) is 4.65. The number of nitrogens with zero attached hydrogens (tertiary/aromatic N) is 1. The van der Waals surface area contributed by atoms with Crippen molar-refractivity contribution in [1.82, 2.24) is 10.2 Å². The molecule has 1 atom stereocenters. The number of hydrogen-bond acceptors (Lipinski definition) is 3. The molecular weight excluding hydrogens is 288 g/mol. The van der Waals surface area contributed by atoms with Crippen LogP contribution in [0.2, 0.25) is 0 Å². The number of rotatable bonds is 5. The maximum Gasteiger partial charge on any atom is 0.251 e. The number of aryl methyl sites for hydroxylation is 1. The third-order valence-electron chi connectivity index (χ3n) is 4.55. The number of benzene rings is 1. The lowest BCUT2D eigenvalue weighted by Gasteiger charge is -2.33. The lowest BCUT2D eigenvalue weighted by Crippen LogP contribution is -2.40. The minimum Gasteiger partial charge on any atom is -0.468 e. The Bertz CT molecular complexity index is 631. The molecule has 1 saturated heterocycles. The molecule has 1 amide bonds. The van der Waals surface area contributed by atoms with Crippen LogP contribution in [0.4, 0.5) is 0 Å². The van der Waals surface area contributed by atoms with Gasteiger partial charge in [0.1, 0.15) is 5.76 Å². The molecule has 2 heterocycles. The Balaban J connectivity index is 1.69. The van der Waals surface area contributed by atoms with Crippen molar-refractivity contribution in [3.8, 4) is 0 Å². The maximum atomic E-state index is 12.5. The summed E-state index contributed by atoms with van der Waals surface area (Å²) in [5.41, 5.74) is 1.74. The number of nitrogens with one attached hydrogen (secondary N) is 1. The maximum absolute atomic E-state index is 12.5. The number of piperidine rings is 1.